The van der Waals surface area contributed by atoms with E-state index in [1.807, 2.05) is 30.3 Å². The lowest BCUT2D eigenvalue weighted by atomic mass is 10.1. The molecule has 1 amide bonds. The number of carbonyl (C=O) groups is 1. The first-order valence-corrected chi connectivity index (χ1v) is 10.3. The molecule has 5 nitrogen and oxygen atoms in total. The van der Waals surface area contributed by atoms with Gasteiger partial charge >= 0.3 is 0 Å². The van der Waals surface area contributed by atoms with Gasteiger partial charge in [0.05, 0.1) is 0 Å². The maximum absolute atomic E-state index is 13.2. The number of nitrogens with zero attached hydrogens (tertiary/aromatic N) is 3. The van der Waals surface area contributed by atoms with E-state index < -0.39 is 5.25 Å². The Morgan fingerprint density at radius 1 is 0.903 bits per heavy atom. The molecular weight excluding hydrogens is 418 g/mol. The molecule has 3 aromatic carbocycles. The fourth-order valence-corrected chi connectivity index (χ4v) is 4.02. The highest BCUT2D eigenvalue weighted by Gasteiger charge is 2.25. The molecule has 0 bridgehead atoms. The maximum Gasteiger partial charge on any atom is 0.242 e. The van der Waals surface area contributed by atoms with Crippen molar-refractivity contribution in [3.63, 3.8) is 0 Å². The van der Waals surface area contributed by atoms with E-state index in [2.05, 4.69) is 15.5 Å². The number of halogens is 2. The van der Waals surface area contributed by atoms with Crippen molar-refractivity contribution in [1.82, 2.24) is 14.8 Å². The highest BCUT2D eigenvalue weighted by atomic mass is 32.2. The van der Waals surface area contributed by atoms with Gasteiger partial charge in [-0.3, -0.25) is 4.79 Å². The predicted octanol–water partition coefficient (Wildman–Crippen LogP) is 5.23. The molecule has 1 N–H and O–H groups in total. The smallest absolute Gasteiger partial charge is 0.242 e. The Bertz CT molecular complexity index is 1180. The van der Waals surface area contributed by atoms with Gasteiger partial charge in [-0.1, -0.05) is 42.1 Å². The summed E-state index contributed by atoms with van der Waals surface area (Å²) in [7, 11) is 1.79. The molecule has 8 heteroatoms. The van der Waals surface area contributed by atoms with E-state index in [-0.39, 0.29) is 17.5 Å². The second kappa shape index (κ2) is 9.09. The molecule has 0 aliphatic rings. The molecule has 0 radical (unpaired) electrons. The lowest BCUT2D eigenvalue weighted by Gasteiger charge is -2.16. The normalized spacial score (nSPS) is 11.8. The number of hydrogen-bond donors (Lipinski definition) is 1. The zero-order valence-corrected chi connectivity index (χ0v) is 17.3. The van der Waals surface area contributed by atoms with Crippen molar-refractivity contribution in [2.75, 3.05) is 5.32 Å². The monoisotopic (exact) mass is 436 g/mol. The van der Waals surface area contributed by atoms with E-state index in [9.17, 15) is 13.6 Å². The van der Waals surface area contributed by atoms with Gasteiger partial charge in [0.1, 0.15) is 16.9 Å². The van der Waals surface area contributed by atoms with Crippen LogP contribution in [0, 0.1) is 11.6 Å². The number of amides is 1. The highest BCUT2D eigenvalue weighted by molar-refractivity contribution is 8.00. The molecule has 1 heterocycles. The van der Waals surface area contributed by atoms with E-state index >= 15 is 0 Å². The molecule has 0 spiro atoms. The number of benzene rings is 3. The molecule has 31 heavy (non-hydrogen) atoms. The minimum atomic E-state index is -0.616. The molecular formula is C23H18F2N4OS. The average molecular weight is 436 g/mol. The summed E-state index contributed by atoms with van der Waals surface area (Å²) in [6, 6.07) is 20.9. The Balaban J connectivity index is 1.62. The maximum atomic E-state index is 13.2. The van der Waals surface area contributed by atoms with Crippen LogP contribution >= 0.6 is 11.8 Å². The van der Waals surface area contributed by atoms with Crippen molar-refractivity contribution in [1.29, 1.82) is 0 Å². The quantitative estimate of drug-likeness (QED) is 0.421. The number of rotatable bonds is 6. The third-order valence-electron chi connectivity index (χ3n) is 4.61. The number of hydrogen-bond acceptors (Lipinski definition) is 4. The van der Waals surface area contributed by atoms with E-state index in [0.717, 1.165) is 11.1 Å². The molecule has 1 atom stereocenters. The first-order chi connectivity index (χ1) is 15.0. The van der Waals surface area contributed by atoms with Gasteiger partial charge < -0.3 is 9.88 Å². The second-order valence-corrected chi connectivity index (χ2v) is 7.85. The zero-order valence-electron chi connectivity index (χ0n) is 16.5. The van der Waals surface area contributed by atoms with Crippen LogP contribution in [0.2, 0.25) is 0 Å². The Morgan fingerprint density at radius 2 is 1.52 bits per heavy atom. The van der Waals surface area contributed by atoms with Gasteiger partial charge in [-0.15, -0.1) is 10.2 Å². The minimum Gasteiger partial charge on any atom is -0.325 e. The lowest BCUT2D eigenvalue weighted by molar-refractivity contribution is -0.115. The fourth-order valence-electron chi connectivity index (χ4n) is 3.02. The number of aromatic nitrogens is 3. The number of carbonyl (C=O) groups excluding carboxylic acids is 1. The molecule has 0 aliphatic carbocycles. The third-order valence-corrected chi connectivity index (χ3v) is 5.90. The molecule has 0 unspecified atom stereocenters. The minimum absolute atomic E-state index is 0.269. The molecule has 4 aromatic rings. The van der Waals surface area contributed by atoms with Crippen molar-refractivity contribution in [3.05, 3.63) is 96.1 Å². The van der Waals surface area contributed by atoms with Gasteiger partial charge in [-0.2, -0.15) is 0 Å². The number of anilines is 1. The molecule has 156 valence electrons. The van der Waals surface area contributed by atoms with Gasteiger partial charge in [0, 0.05) is 18.3 Å². The summed E-state index contributed by atoms with van der Waals surface area (Å²) < 4.78 is 28.2. The number of thioether (sulfide) groups is 1. The van der Waals surface area contributed by atoms with Crippen molar-refractivity contribution < 1.29 is 13.6 Å². The summed E-state index contributed by atoms with van der Waals surface area (Å²) in [6.45, 7) is 0. The van der Waals surface area contributed by atoms with E-state index in [1.165, 1.54) is 48.2 Å². The Hall–Kier alpha value is -3.52. The van der Waals surface area contributed by atoms with Crippen LogP contribution in [0.25, 0.3) is 11.4 Å². The van der Waals surface area contributed by atoms with E-state index in [1.54, 1.807) is 23.7 Å². The summed E-state index contributed by atoms with van der Waals surface area (Å²) in [6.07, 6.45) is 0. The molecule has 0 saturated heterocycles. The van der Waals surface area contributed by atoms with Gasteiger partial charge in [0.25, 0.3) is 0 Å². The van der Waals surface area contributed by atoms with Gasteiger partial charge in [-0.05, 0) is 54.1 Å². The van der Waals surface area contributed by atoms with Crippen LogP contribution in [0.15, 0.2) is 84.0 Å². The van der Waals surface area contributed by atoms with Crippen molar-refractivity contribution >= 4 is 23.4 Å². The molecule has 0 fully saturated rings. The van der Waals surface area contributed by atoms with Crippen molar-refractivity contribution in [3.8, 4) is 11.4 Å². The van der Waals surface area contributed by atoms with Crippen LogP contribution < -0.4 is 5.32 Å². The van der Waals surface area contributed by atoms with Gasteiger partial charge in [0.2, 0.25) is 5.91 Å². The van der Waals surface area contributed by atoms with E-state index in [4.69, 9.17) is 0 Å². The van der Waals surface area contributed by atoms with Crippen LogP contribution in [-0.2, 0) is 11.8 Å². The largest absolute Gasteiger partial charge is 0.325 e. The SMILES string of the molecule is Cn1c(S[C@H](C(=O)Nc2ccc(F)cc2)c2ccccc2)nnc1-c1ccc(F)cc1. The first kappa shape index (κ1) is 20.7. The van der Waals surface area contributed by atoms with Crippen LogP contribution in [0.4, 0.5) is 14.5 Å². The molecule has 1 aromatic heterocycles. The topological polar surface area (TPSA) is 59.8 Å². The van der Waals surface area contributed by atoms with Gasteiger partial charge in [-0.25, -0.2) is 8.78 Å². The van der Waals surface area contributed by atoms with Crippen LogP contribution in [0.3, 0.4) is 0 Å². The zero-order chi connectivity index (χ0) is 21.8. The van der Waals surface area contributed by atoms with Crippen LogP contribution in [-0.4, -0.2) is 20.7 Å². The standard InChI is InChI=1S/C23H18F2N4OS/c1-29-21(16-7-9-17(24)10-8-16)27-28-23(29)31-20(15-5-3-2-4-6-15)22(30)26-19-13-11-18(25)12-14-19/h2-14,20H,1H3,(H,26,30)/t20-/m0/s1. The summed E-state index contributed by atoms with van der Waals surface area (Å²) in [5.74, 6) is -0.413. The Kier molecular flexibility index (Phi) is 6.08. The van der Waals surface area contributed by atoms with Crippen molar-refractivity contribution in [2.45, 2.75) is 10.4 Å². The lowest BCUT2D eigenvalue weighted by Crippen LogP contribution is -2.19. The second-order valence-electron chi connectivity index (χ2n) is 6.78. The molecule has 0 aliphatic heterocycles. The number of nitrogens with one attached hydrogen (secondary N) is 1. The van der Waals surface area contributed by atoms with Crippen molar-refractivity contribution in [2.24, 2.45) is 7.05 Å². The average Bonchev–Trinajstić information content (AvgIpc) is 3.15. The Labute approximate surface area is 182 Å². The predicted molar refractivity (Wildman–Crippen MR) is 116 cm³/mol. The van der Waals surface area contributed by atoms with Crippen LogP contribution in [0.5, 0.6) is 0 Å². The summed E-state index contributed by atoms with van der Waals surface area (Å²) in [5, 5.41) is 11.2. The summed E-state index contributed by atoms with van der Waals surface area (Å²) in [5.41, 5.74) is 2.01. The Morgan fingerprint density at radius 3 is 2.16 bits per heavy atom. The van der Waals surface area contributed by atoms with E-state index in [0.29, 0.717) is 16.7 Å². The summed E-state index contributed by atoms with van der Waals surface area (Å²) in [4.78, 5) is 13.1. The molecule has 4 rings (SSSR count). The van der Waals surface area contributed by atoms with Gasteiger partial charge in [0.15, 0.2) is 11.0 Å². The third kappa shape index (κ3) is 4.80. The van der Waals surface area contributed by atoms with Crippen LogP contribution in [0.1, 0.15) is 10.8 Å². The molecule has 0 saturated carbocycles. The summed E-state index contributed by atoms with van der Waals surface area (Å²) >= 11 is 1.25. The first-order valence-electron chi connectivity index (χ1n) is 9.44. The highest BCUT2D eigenvalue weighted by Crippen LogP contribution is 2.36. The fraction of sp³-hybridized carbons (Fsp3) is 0.0870.